The van der Waals surface area contributed by atoms with Crippen LogP contribution in [-0.2, 0) is 4.74 Å². The number of hydrogen-bond donors (Lipinski definition) is 1. The predicted molar refractivity (Wildman–Crippen MR) is 83.4 cm³/mol. The Labute approximate surface area is 121 Å². The Morgan fingerprint density at radius 2 is 2.00 bits per heavy atom. The zero-order chi connectivity index (χ0) is 15.0. The van der Waals surface area contributed by atoms with Crippen molar-refractivity contribution in [2.75, 3.05) is 0 Å². The van der Waals surface area contributed by atoms with Gasteiger partial charge in [0.1, 0.15) is 5.60 Å². The van der Waals surface area contributed by atoms with E-state index in [1.807, 2.05) is 63.3 Å². The molecule has 0 aromatic heterocycles. The van der Waals surface area contributed by atoms with Crippen LogP contribution in [0.1, 0.15) is 32.8 Å². The van der Waals surface area contributed by atoms with E-state index in [-0.39, 0.29) is 6.04 Å². The van der Waals surface area contributed by atoms with Gasteiger partial charge in [0, 0.05) is 0 Å². The molecule has 0 aliphatic carbocycles. The molecule has 1 unspecified atom stereocenters. The molecule has 1 aromatic carbocycles. The summed E-state index contributed by atoms with van der Waals surface area (Å²) in [7, 11) is 0. The predicted octanol–water partition coefficient (Wildman–Crippen LogP) is 4.17. The number of hydrogen-bond acceptors (Lipinski definition) is 2. The second kappa shape index (κ2) is 7.53. The summed E-state index contributed by atoms with van der Waals surface area (Å²) in [5.74, 6) is 0. The van der Waals surface area contributed by atoms with Crippen molar-refractivity contribution < 1.29 is 9.53 Å². The van der Waals surface area contributed by atoms with Crippen LogP contribution >= 0.6 is 0 Å². The third-order valence-corrected chi connectivity index (χ3v) is 2.49. The van der Waals surface area contributed by atoms with Gasteiger partial charge in [-0.2, -0.15) is 0 Å². The van der Waals surface area contributed by atoms with E-state index in [2.05, 4.69) is 11.9 Å². The standard InChI is InChI=1S/C17H23NO2/c1-5-15(18-16(19)20-17(2,3)4)13-9-12-14-10-7-6-8-11-14/h5-12,15H,1,13H2,2-4H3,(H,18,19)/b12-9+. The van der Waals surface area contributed by atoms with Gasteiger partial charge in [0.2, 0.25) is 0 Å². The molecule has 1 atom stereocenters. The lowest BCUT2D eigenvalue weighted by molar-refractivity contribution is 0.0515. The highest BCUT2D eigenvalue weighted by Crippen LogP contribution is 2.08. The largest absolute Gasteiger partial charge is 0.444 e. The first-order chi connectivity index (χ1) is 9.40. The number of benzene rings is 1. The number of carbonyl (C=O) groups is 1. The Kier molecular flexibility index (Phi) is 6.04. The van der Waals surface area contributed by atoms with E-state index in [1.165, 1.54) is 0 Å². The number of carbonyl (C=O) groups excluding carboxylic acids is 1. The maximum absolute atomic E-state index is 11.7. The van der Waals surface area contributed by atoms with E-state index < -0.39 is 11.7 Å². The molecular weight excluding hydrogens is 250 g/mol. The second-order valence-electron chi connectivity index (χ2n) is 5.54. The fourth-order valence-corrected chi connectivity index (χ4v) is 1.59. The molecule has 0 radical (unpaired) electrons. The number of amides is 1. The molecule has 0 saturated heterocycles. The van der Waals surface area contributed by atoms with Gasteiger partial charge >= 0.3 is 6.09 Å². The van der Waals surface area contributed by atoms with E-state index in [0.29, 0.717) is 6.42 Å². The quantitative estimate of drug-likeness (QED) is 0.818. The maximum atomic E-state index is 11.7. The summed E-state index contributed by atoms with van der Waals surface area (Å²) in [6, 6.07) is 9.88. The minimum absolute atomic E-state index is 0.134. The van der Waals surface area contributed by atoms with E-state index in [4.69, 9.17) is 4.74 Å². The molecular formula is C17H23NO2. The van der Waals surface area contributed by atoms with Gasteiger partial charge in [0.25, 0.3) is 0 Å². The third kappa shape index (κ3) is 6.78. The van der Waals surface area contributed by atoms with Gasteiger partial charge < -0.3 is 10.1 Å². The summed E-state index contributed by atoms with van der Waals surface area (Å²) in [6.07, 6.45) is 6.00. The highest BCUT2D eigenvalue weighted by Gasteiger charge is 2.17. The molecule has 0 saturated carbocycles. The summed E-state index contributed by atoms with van der Waals surface area (Å²) in [5.41, 5.74) is 0.642. The molecule has 0 aliphatic rings. The molecule has 3 heteroatoms. The Morgan fingerprint density at radius 1 is 1.35 bits per heavy atom. The second-order valence-corrected chi connectivity index (χ2v) is 5.54. The van der Waals surface area contributed by atoms with Crippen LogP contribution < -0.4 is 5.32 Å². The molecule has 0 spiro atoms. The first-order valence-corrected chi connectivity index (χ1v) is 6.74. The molecule has 108 valence electrons. The Bertz CT molecular complexity index is 458. The zero-order valence-electron chi connectivity index (χ0n) is 12.4. The van der Waals surface area contributed by atoms with Crippen LogP contribution in [0.4, 0.5) is 4.79 Å². The summed E-state index contributed by atoms with van der Waals surface area (Å²) in [5, 5.41) is 2.78. The highest BCUT2D eigenvalue weighted by molar-refractivity contribution is 5.68. The lowest BCUT2D eigenvalue weighted by Crippen LogP contribution is -2.37. The number of alkyl carbamates (subject to hydrolysis) is 1. The van der Waals surface area contributed by atoms with E-state index in [1.54, 1.807) is 6.08 Å². The zero-order valence-corrected chi connectivity index (χ0v) is 12.4. The fourth-order valence-electron chi connectivity index (χ4n) is 1.59. The van der Waals surface area contributed by atoms with Crippen LogP contribution in [0.2, 0.25) is 0 Å². The summed E-state index contributed by atoms with van der Waals surface area (Å²) < 4.78 is 5.21. The van der Waals surface area contributed by atoms with E-state index in [9.17, 15) is 4.79 Å². The van der Waals surface area contributed by atoms with Gasteiger partial charge in [0.05, 0.1) is 6.04 Å². The minimum Gasteiger partial charge on any atom is -0.444 e. The molecule has 0 aliphatic heterocycles. The average molecular weight is 273 g/mol. The van der Waals surface area contributed by atoms with E-state index >= 15 is 0 Å². The van der Waals surface area contributed by atoms with Gasteiger partial charge in [-0.15, -0.1) is 6.58 Å². The summed E-state index contributed by atoms with van der Waals surface area (Å²) in [6.45, 7) is 9.25. The van der Waals surface area contributed by atoms with Gasteiger partial charge in [0.15, 0.2) is 0 Å². The molecule has 3 nitrogen and oxygen atoms in total. The van der Waals surface area contributed by atoms with Gasteiger partial charge in [-0.1, -0.05) is 48.6 Å². The topological polar surface area (TPSA) is 38.3 Å². The molecule has 0 fully saturated rings. The van der Waals surface area contributed by atoms with Crippen LogP contribution in [0.15, 0.2) is 49.1 Å². The molecule has 1 aromatic rings. The van der Waals surface area contributed by atoms with Crippen LogP contribution in [-0.4, -0.2) is 17.7 Å². The van der Waals surface area contributed by atoms with E-state index in [0.717, 1.165) is 5.56 Å². The first kappa shape index (κ1) is 16.0. The monoisotopic (exact) mass is 273 g/mol. The van der Waals surface area contributed by atoms with Gasteiger partial charge in [-0.05, 0) is 32.8 Å². The summed E-state index contributed by atoms with van der Waals surface area (Å²) >= 11 is 0. The van der Waals surface area contributed by atoms with Crippen molar-refractivity contribution in [1.82, 2.24) is 5.32 Å². The van der Waals surface area contributed by atoms with Crippen molar-refractivity contribution in [2.45, 2.75) is 38.8 Å². The normalized spacial score (nSPS) is 12.9. The van der Waals surface area contributed by atoms with Gasteiger partial charge in [-0.25, -0.2) is 4.79 Å². The van der Waals surface area contributed by atoms with Crippen molar-refractivity contribution in [1.29, 1.82) is 0 Å². The highest BCUT2D eigenvalue weighted by atomic mass is 16.6. The first-order valence-electron chi connectivity index (χ1n) is 6.74. The number of rotatable bonds is 5. The van der Waals surface area contributed by atoms with Crippen LogP contribution in [0.5, 0.6) is 0 Å². The summed E-state index contributed by atoms with van der Waals surface area (Å²) in [4.78, 5) is 11.7. The lowest BCUT2D eigenvalue weighted by Gasteiger charge is -2.21. The van der Waals surface area contributed by atoms with Crippen molar-refractivity contribution >= 4 is 12.2 Å². The number of ether oxygens (including phenoxy) is 1. The Morgan fingerprint density at radius 3 is 2.55 bits per heavy atom. The maximum Gasteiger partial charge on any atom is 0.408 e. The van der Waals surface area contributed by atoms with Crippen molar-refractivity contribution in [3.05, 3.63) is 54.6 Å². The lowest BCUT2D eigenvalue weighted by atomic mass is 10.1. The molecule has 1 rings (SSSR count). The molecule has 20 heavy (non-hydrogen) atoms. The van der Waals surface area contributed by atoms with Gasteiger partial charge in [-0.3, -0.25) is 0 Å². The smallest absolute Gasteiger partial charge is 0.408 e. The molecule has 0 bridgehead atoms. The Hall–Kier alpha value is -2.03. The molecule has 0 heterocycles. The van der Waals surface area contributed by atoms with Crippen LogP contribution in [0.25, 0.3) is 6.08 Å². The van der Waals surface area contributed by atoms with Crippen LogP contribution in [0, 0.1) is 0 Å². The molecule has 1 N–H and O–H groups in total. The van der Waals surface area contributed by atoms with Crippen molar-refractivity contribution in [3.63, 3.8) is 0 Å². The third-order valence-electron chi connectivity index (χ3n) is 2.49. The molecule has 1 amide bonds. The SMILES string of the molecule is C=CC(C/C=C/c1ccccc1)NC(=O)OC(C)(C)C. The minimum atomic E-state index is -0.490. The fraction of sp³-hybridized carbons (Fsp3) is 0.353. The van der Waals surface area contributed by atoms with Crippen molar-refractivity contribution in [2.24, 2.45) is 0 Å². The van der Waals surface area contributed by atoms with Crippen LogP contribution in [0.3, 0.4) is 0 Å². The Balaban J connectivity index is 2.46. The number of nitrogens with one attached hydrogen (secondary N) is 1. The van der Waals surface area contributed by atoms with Crippen molar-refractivity contribution in [3.8, 4) is 0 Å². The average Bonchev–Trinajstić information content (AvgIpc) is 2.36.